The van der Waals surface area contributed by atoms with Crippen LogP contribution in [0.5, 0.6) is 5.75 Å². The van der Waals surface area contributed by atoms with Crippen molar-refractivity contribution in [3.8, 4) is 11.8 Å². The molecule has 3 aliphatic heterocycles. The molecule has 6 rings (SSSR count). The molecule has 0 bridgehead atoms. The summed E-state index contributed by atoms with van der Waals surface area (Å²) in [4.78, 5) is 45.1. The van der Waals surface area contributed by atoms with E-state index >= 15 is 0 Å². The first kappa shape index (κ1) is 24.1. The second-order valence-electron chi connectivity index (χ2n) is 10.3. The van der Waals surface area contributed by atoms with Gasteiger partial charge in [-0.25, -0.2) is 0 Å². The van der Waals surface area contributed by atoms with E-state index < -0.39 is 11.9 Å². The average molecular weight is 510 g/mol. The Morgan fingerprint density at radius 3 is 2.82 bits per heavy atom. The van der Waals surface area contributed by atoms with Gasteiger partial charge in [-0.3, -0.25) is 29.6 Å². The molecule has 192 valence electrons. The molecule has 4 heterocycles. The molecule has 9 nitrogen and oxygen atoms in total. The summed E-state index contributed by atoms with van der Waals surface area (Å²) in [5.41, 5.74) is 4.85. The number of benzene rings is 2. The number of nitriles is 1. The average Bonchev–Trinajstić information content (AvgIpc) is 3.47. The van der Waals surface area contributed by atoms with Gasteiger partial charge in [-0.2, -0.15) is 5.26 Å². The molecule has 3 amide bonds. The standard InChI is InChI=1S/C29H27N5O4/c1-17-10-19(13-30)24-11-18(2-5-25(24)31-17)14-33-9-8-22(16-33)38-21-3-4-23-20(12-21)15-34(29(23)37)26-6-7-27(35)32-28(26)36/h2-5,10-12,22,26H,6-9,14-16H2,1H3,(H,32,35,36)/t22-,26?/m0/s1. The maximum absolute atomic E-state index is 12.9. The van der Waals surface area contributed by atoms with Crippen LogP contribution in [0.2, 0.25) is 0 Å². The number of nitrogens with one attached hydrogen (secondary N) is 1. The zero-order valence-electron chi connectivity index (χ0n) is 21.1. The fourth-order valence-electron chi connectivity index (χ4n) is 5.71. The fourth-order valence-corrected chi connectivity index (χ4v) is 5.71. The van der Waals surface area contributed by atoms with Gasteiger partial charge in [-0.1, -0.05) is 6.07 Å². The molecule has 2 atom stereocenters. The Balaban J connectivity index is 1.10. The molecule has 38 heavy (non-hydrogen) atoms. The highest BCUT2D eigenvalue weighted by atomic mass is 16.5. The Labute approximate surface area is 220 Å². The topological polar surface area (TPSA) is 116 Å². The number of aryl methyl sites for hydroxylation is 1. The molecule has 1 N–H and O–H groups in total. The van der Waals surface area contributed by atoms with Gasteiger partial charge in [0, 0.05) is 49.2 Å². The predicted octanol–water partition coefficient (Wildman–Crippen LogP) is 2.83. The summed E-state index contributed by atoms with van der Waals surface area (Å²) in [7, 11) is 0. The summed E-state index contributed by atoms with van der Waals surface area (Å²) in [5.74, 6) is -0.185. The normalized spacial score (nSPS) is 21.5. The van der Waals surface area contributed by atoms with Gasteiger partial charge in [0.25, 0.3) is 5.91 Å². The zero-order valence-corrected chi connectivity index (χ0v) is 21.1. The van der Waals surface area contributed by atoms with Gasteiger partial charge in [0.1, 0.15) is 17.9 Å². The van der Waals surface area contributed by atoms with E-state index in [2.05, 4.69) is 33.4 Å². The zero-order chi connectivity index (χ0) is 26.4. The number of carbonyl (C=O) groups is 3. The van der Waals surface area contributed by atoms with Crippen LogP contribution in [0.15, 0.2) is 42.5 Å². The van der Waals surface area contributed by atoms with Gasteiger partial charge < -0.3 is 9.64 Å². The third-order valence-electron chi connectivity index (χ3n) is 7.55. The van der Waals surface area contributed by atoms with E-state index in [4.69, 9.17) is 4.74 Å². The molecule has 2 fully saturated rings. The second kappa shape index (κ2) is 9.54. The fraction of sp³-hybridized carbons (Fsp3) is 0.345. The number of likely N-dealkylation sites (tertiary alicyclic amines) is 1. The summed E-state index contributed by atoms with van der Waals surface area (Å²) >= 11 is 0. The van der Waals surface area contributed by atoms with Gasteiger partial charge in [-0.05, 0) is 67.3 Å². The van der Waals surface area contributed by atoms with E-state index in [-0.39, 0.29) is 24.3 Å². The van der Waals surface area contributed by atoms with Crippen molar-refractivity contribution < 1.29 is 19.1 Å². The summed E-state index contributed by atoms with van der Waals surface area (Å²) < 4.78 is 6.29. The number of hydrogen-bond acceptors (Lipinski definition) is 7. The number of pyridine rings is 1. The maximum Gasteiger partial charge on any atom is 0.255 e. The van der Waals surface area contributed by atoms with E-state index in [0.717, 1.165) is 53.8 Å². The van der Waals surface area contributed by atoms with Crippen LogP contribution in [0, 0.1) is 18.3 Å². The van der Waals surface area contributed by atoms with Crippen molar-refractivity contribution in [3.63, 3.8) is 0 Å². The number of rotatable bonds is 5. The molecule has 0 radical (unpaired) electrons. The number of hydrogen-bond donors (Lipinski definition) is 1. The van der Waals surface area contributed by atoms with Crippen LogP contribution in [-0.2, 0) is 22.7 Å². The van der Waals surface area contributed by atoms with Gasteiger partial charge >= 0.3 is 0 Å². The lowest BCUT2D eigenvalue weighted by molar-refractivity contribution is -0.136. The van der Waals surface area contributed by atoms with Crippen LogP contribution < -0.4 is 10.1 Å². The largest absolute Gasteiger partial charge is 0.489 e. The number of piperidine rings is 1. The number of aromatic nitrogens is 1. The third-order valence-corrected chi connectivity index (χ3v) is 7.55. The van der Waals surface area contributed by atoms with Crippen LogP contribution in [0.1, 0.15) is 52.0 Å². The molecule has 0 spiro atoms. The number of nitrogens with zero attached hydrogens (tertiary/aromatic N) is 4. The Bertz CT molecular complexity index is 1530. The SMILES string of the molecule is Cc1cc(C#N)c2cc(CN3CC[C@H](Oc4ccc5c(c4)CN(C4CCC(=O)NC4=O)C5=O)C3)ccc2n1. The first-order valence-corrected chi connectivity index (χ1v) is 12.8. The Morgan fingerprint density at radius 2 is 2.00 bits per heavy atom. The number of imide groups is 1. The molecule has 1 aromatic heterocycles. The highest BCUT2D eigenvalue weighted by Gasteiger charge is 2.39. The quantitative estimate of drug-likeness (QED) is 0.526. The molecule has 3 aliphatic rings. The summed E-state index contributed by atoms with van der Waals surface area (Å²) in [5, 5.41) is 12.7. The van der Waals surface area contributed by atoms with Crippen molar-refractivity contribution in [3.05, 3.63) is 70.4 Å². The van der Waals surface area contributed by atoms with Crippen molar-refractivity contribution in [1.29, 1.82) is 5.26 Å². The van der Waals surface area contributed by atoms with Gasteiger partial charge in [0.15, 0.2) is 0 Å². The predicted molar refractivity (Wildman–Crippen MR) is 138 cm³/mol. The molecule has 0 saturated carbocycles. The number of amides is 3. The first-order valence-electron chi connectivity index (χ1n) is 12.8. The van der Waals surface area contributed by atoms with E-state index in [0.29, 0.717) is 29.8 Å². The van der Waals surface area contributed by atoms with Crippen LogP contribution in [-0.4, -0.2) is 57.7 Å². The van der Waals surface area contributed by atoms with E-state index in [9.17, 15) is 19.6 Å². The smallest absolute Gasteiger partial charge is 0.255 e. The Kier molecular flexibility index (Phi) is 6.04. The van der Waals surface area contributed by atoms with E-state index in [1.165, 1.54) is 0 Å². The minimum absolute atomic E-state index is 0.0239. The maximum atomic E-state index is 12.9. The molecular formula is C29H27N5O4. The monoisotopic (exact) mass is 509 g/mol. The molecule has 1 unspecified atom stereocenters. The first-order chi connectivity index (χ1) is 18.4. The van der Waals surface area contributed by atoms with Crippen molar-refractivity contribution >= 4 is 28.6 Å². The van der Waals surface area contributed by atoms with E-state index in [1.807, 2.05) is 31.2 Å². The van der Waals surface area contributed by atoms with Gasteiger partial charge in [-0.15, -0.1) is 0 Å². The lowest BCUT2D eigenvalue weighted by Crippen LogP contribution is -2.52. The number of fused-ring (bicyclic) bond motifs is 2. The van der Waals surface area contributed by atoms with Crippen molar-refractivity contribution in [2.45, 2.75) is 51.4 Å². The molecule has 9 heteroatoms. The van der Waals surface area contributed by atoms with Crippen molar-refractivity contribution in [2.75, 3.05) is 13.1 Å². The second-order valence-corrected chi connectivity index (χ2v) is 10.3. The summed E-state index contributed by atoms with van der Waals surface area (Å²) in [6.45, 7) is 4.65. The highest BCUT2D eigenvalue weighted by Crippen LogP contribution is 2.31. The Hall–Kier alpha value is -4.29. The van der Waals surface area contributed by atoms with Crippen LogP contribution in [0.25, 0.3) is 10.9 Å². The van der Waals surface area contributed by atoms with Crippen LogP contribution >= 0.6 is 0 Å². The Morgan fingerprint density at radius 1 is 1.13 bits per heavy atom. The third kappa shape index (κ3) is 4.48. The van der Waals surface area contributed by atoms with Crippen LogP contribution in [0.3, 0.4) is 0 Å². The minimum atomic E-state index is -0.625. The van der Waals surface area contributed by atoms with Crippen LogP contribution in [0.4, 0.5) is 0 Å². The molecule has 2 saturated heterocycles. The number of carbonyl (C=O) groups excluding carboxylic acids is 3. The minimum Gasteiger partial charge on any atom is -0.489 e. The molecule has 3 aromatic rings. The molecule has 2 aromatic carbocycles. The van der Waals surface area contributed by atoms with Crippen molar-refractivity contribution in [2.24, 2.45) is 0 Å². The lowest BCUT2D eigenvalue weighted by Gasteiger charge is -2.29. The van der Waals surface area contributed by atoms with E-state index in [1.54, 1.807) is 11.0 Å². The lowest BCUT2D eigenvalue weighted by atomic mass is 10.0. The van der Waals surface area contributed by atoms with Gasteiger partial charge in [0.2, 0.25) is 11.8 Å². The van der Waals surface area contributed by atoms with Crippen molar-refractivity contribution in [1.82, 2.24) is 20.1 Å². The summed E-state index contributed by atoms with van der Waals surface area (Å²) in [6.07, 6.45) is 1.49. The summed E-state index contributed by atoms with van der Waals surface area (Å²) in [6, 6.07) is 15.0. The highest BCUT2D eigenvalue weighted by molar-refractivity contribution is 6.05. The molecular weight excluding hydrogens is 482 g/mol. The van der Waals surface area contributed by atoms with Gasteiger partial charge in [0.05, 0.1) is 17.1 Å². The number of ether oxygens (including phenoxy) is 1. The molecule has 0 aliphatic carbocycles.